The highest BCUT2D eigenvalue weighted by Crippen LogP contribution is 2.29. The summed E-state index contributed by atoms with van der Waals surface area (Å²) in [6.07, 6.45) is 0. The smallest absolute Gasteiger partial charge is 0.319 e. The SMILES string of the molecule is CN(Cc1ccc(Cl)s1)CN1C(=O)NC(C)(c2ccccc2)C1=O. The summed E-state index contributed by atoms with van der Waals surface area (Å²) in [5, 5.41) is 2.81. The van der Waals surface area contributed by atoms with Crippen molar-refractivity contribution in [2.45, 2.75) is 19.0 Å². The van der Waals surface area contributed by atoms with E-state index in [0.717, 1.165) is 14.8 Å². The van der Waals surface area contributed by atoms with Gasteiger partial charge >= 0.3 is 6.03 Å². The van der Waals surface area contributed by atoms with Crippen LogP contribution in [-0.4, -0.2) is 35.5 Å². The molecule has 1 saturated heterocycles. The molecule has 7 heteroatoms. The summed E-state index contributed by atoms with van der Waals surface area (Å²) in [5.74, 6) is -0.241. The number of nitrogens with one attached hydrogen (secondary N) is 1. The lowest BCUT2D eigenvalue weighted by Gasteiger charge is -2.24. The number of carbonyl (C=O) groups excluding carboxylic acids is 2. The Bertz CT molecular complexity index is 764. The van der Waals surface area contributed by atoms with Crippen molar-refractivity contribution in [3.8, 4) is 0 Å². The summed E-state index contributed by atoms with van der Waals surface area (Å²) < 4.78 is 0.727. The van der Waals surface area contributed by atoms with Gasteiger partial charge in [-0.25, -0.2) is 9.69 Å². The number of nitrogens with zero attached hydrogens (tertiary/aromatic N) is 2. The summed E-state index contributed by atoms with van der Waals surface area (Å²) in [6.45, 7) is 2.58. The molecular weight excluding hydrogens is 346 g/mol. The maximum absolute atomic E-state index is 12.8. The number of benzene rings is 1. The molecule has 24 heavy (non-hydrogen) atoms. The molecular formula is C17H18ClN3O2S. The van der Waals surface area contributed by atoms with Gasteiger partial charge in [0.05, 0.1) is 11.0 Å². The van der Waals surface area contributed by atoms with Gasteiger partial charge in [0.15, 0.2) is 0 Å². The van der Waals surface area contributed by atoms with E-state index in [1.807, 2.05) is 54.4 Å². The van der Waals surface area contributed by atoms with Gasteiger partial charge in [0.25, 0.3) is 5.91 Å². The van der Waals surface area contributed by atoms with E-state index in [0.29, 0.717) is 6.54 Å². The highest BCUT2D eigenvalue weighted by Gasteiger charge is 2.49. The Morgan fingerprint density at radius 2 is 1.92 bits per heavy atom. The molecule has 1 N–H and O–H groups in total. The molecule has 0 bridgehead atoms. The monoisotopic (exact) mass is 363 g/mol. The Balaban J connectivity index is 1.72. The number of imide groups is 1. The number of halogens is 1. The van der Waals surface area contributed by atoms with Crippen LogP contribution in [0.2, 0.25) is 4.34 Å². The summed E-state index contributed by atoms with van der Waals surface area (Å²) in [5.41, 5.74) is -0.246. The van der Waals surface area contributed by atoms with E-state index in [1.54, 1.807) is 6.92 Å². The minimum atomic E-state index is -1.02. The standard InChI is InChI=1S/C17H18ClN3O2S/c1-17(12-6-4-3-5-7-12)15(22)21(16(23)19-17)11-20(2)10-13-8-9-14(18)24-13/h3-9H,10-11H2,1-2H3,(H,19,23). The van der Waals surface area contributed by atoms with Gasteiger partial charge in [0.1, 0.15) is 5.54 Å². The van der Waals surface area contributed by atoms with Gasteiger partial charge in [-0.15, -0.1) is 11.3 Å². The minimum Gasteiger partial charge on any atom is -0.319 e. The molecule has 0 spiro atoms. The van der Waals surface area contributed by atoms with Crippen LogP contribution < -0.4 is 5.32 Å². The van der Waals surface area contributed by atoms with Crippen molar-refractivity contribution in [1.29, 1.82) is 0 Å². The summed E-state index contributed by atoms with van der Waals surface area (Å²) in [4.78, 5) is 29.4. The van der Waals surface area contributed by atoms with Crippen molar-refractivity contribution < 1.29 is 9.59 Å². The molecule has 3 amide bonds. The Morgan fingerprint density at radius 1 is 1.21 bits per heavy atom. The number of amides is 3. The van der Waals surface area contributed by atoms with Crippen LogP contribution in [0.25, 0.3) is 0 Å². The third-order valence-electron chi connectivity index (χ3n) is 4.06. The van der Waals surface area contributed by atoms with Gasteiger partial charge in [0, 0.05) is 11.4 Å². The van der Waals surface area contributed by atoms with Gasteiger partial charge in [-0.2, -0.15) is 0 Å². The number of urea groups is 1. The van der Waals surface area contributed by atoms with E-state index in [4.69, 9.17) is 11.6 Å². The lowest BCUT2D eigenvalue weighted by Crippen LogP contribution is -2.42. The molecule has 0 saturated carbocycles. The molecule has 126 valence electrons. The van der Waals surface area contributed by atoms with Crippen molar-refractivity contribution in [2.75, 3.05) is 13.7 Å². The Hall–Kier alpha value is -1.89. The first-order valence-corrected chi connectivity index (χ1v) is 8.72. The first-order valence-electron chi connectivity index (χ1n) is 7.52. The van der Waals surface area contributed by atoms with Crippen LogP contribution in [0.1, 0.15) is 17.4 Å². The number of hydrogen-bond donors (Lipinski definition) is 1. The van der Waals surface area contributed by atoms with E-state index in [9.17, 15) is 9.59 Å². The third kappa shape index (κ3) is 3.17. The Kier molecular flexibility index (Phi) is 4.62. The summed E-state index contributed by atoms with van der Waals surface area (Å²) >= 11 is 7.43. The van der Waals surface area contributed by atoms with Crippen molar-refractivity contribution >= 4 is 34.9 Å². The van der Waals surface area contributed by atoms with E-state index >= 15 is 0 Å². The molecule has 1 aromatic carbocycles. The van der Waals surface area contributed by atoms with Crippen LogP contribution in [0, 0.1) is 0 Å². The summed E-state index contributed by atoms with van der Waals surface area (Å²) in [6, 6.07) is 12.7. The topological polar surface area (TPSA) is 52.6 Å². The molecule has 1 atom stereocenters. The quantitative estimate of drug-likeness (QED) is 0.829. The minimum absolute atomic E-state index is 0.225. The average Bonchev–Trinajstić information content (AvgIpc) is 3.05. The van der Waals surface area contributed by atoms with Crippen LogP contribution in [0.3, 0.4) is 0 Å². The van der Waals surface area contributed by atoms with Crippen molar-refractivity contribution in [3.63, 3.8) is 0 Å². The van der Waals surface area contributed by atoms with E-state index in [-0.39, 0.29) is 18.6 Å². The van der Waals surface area contributed by atoms with Crippen molar-refractivity contribution in [3.05, 3.63) is 57.2 Å². The fraction of sp³-hybridized carbons (Fsp3) is 0.294. The van der Waals surface area contributed by atoms with Crippen LogP contribution in [0.4, 0.5) is 4.79 Å². The van der Waals surface area contributed by atoms with E-state index in [1.165, 1.54) is 16.2 Å². The first-order chi connectivity index (χ1) is 11.4. The second-order valence-corrected chi connectivity index (χ2v) is 7.82. The molecule has 1 fully saturated rings. The van der Waals surface area contributed by atoms with Crippen molar-refractivity contribution in [2.24, 2.45) is 0 Å². The highest BCUT2D eigenvalue weighted by molar-refractivity contribution is 7.16. The second-order valence-electron chi connectivity index (χ2n) is 6.02. The van der Waals surface area contributed by atoms with Gasteiger partial charge in [-0.1, -0.05) is 41.9 Å². The molecule has 1 aromatic heterocycles. The molecule has 1 aliphatic heterocycles. The zero-order chi connectivity index (χ0) is 17.3. The number of rotatable bonds is 5. The third-order valence-corrected chi connectivity index (χ3v) is 5.28. The summed E-state index contributed by atoms with van der Waals surface area (Å²) in [7, 11) is 1.87. The van der Waals surface area contributed by atoms with Gasteiger partial charge in [-0.05, 0) is 31.7 Å². The fourth-order valence-electron chi connectivity index (χ4n) is 2.79. The Labute approximate surface area is 149 Å². The molecule has 2 heterocycles. The normalized spacial score (nSPS) is 20.8. The first kappa shape index (κ1) is 17.0. The average molecular weight is 364 g/mol. The maximum atomic E-state index is 12.8. The van der Waals surface area contributed by atoms with Gasteiger partial charge in [0.2, 0.25) is 0 Å². The van der Waals surface area contributed by atoms with Crippen molar-refractivity contribution in [1.82, 2.24) is 15.1 Å². The predicted octanol–water partition coefficient (Wildman–Crippen LogP) is 3.26. The zero-order valence-corrected chi connectivity index (χ0v) is 15.0. The van der Waals surface area contributed by atoms with Gasteiger partial charge in [-0.3, -0.25) is 9.69 Å². The van der Waals surface area contributed by atoms with Crippen LogP contribution in [0.15, 0.2) is 42.5 Å². The van der Waals surface area contributed by atoms with E-state index < -0.39 is 5.54 Å². The molecule has 5 nitrogen and oxygen atoms in total. The fourth-order valence-corrected chi connectivity index (χ4v) is 3.95. The zero-order valence-electron chi connectivity index (χ0n) is 13.5. The highest BCUT2D eigenvalue weighted by atomic mass is 35.5. The molecule has 0 radical (unpaired) electrons. The number of thiophene rings is 1. The van der Waals surface area contributed by atoms with Gasteiger partial charge < -0.3 is 5.32 Å². The molecule has 3 rings (SSSR count). The van der Waals surface area contributed by atoms with Crippen LogP contribution in [-0.2, 0) is 16.9 Å². The molecule has 1 unspecified atom stereocenters. The predicted molar refractivity (Wildman–Crippen MR) is 94.8 cm³/mol. The second kappa shape index (κ2) is 6.55. The number of carbonyl (C=O) groups is 2. The number of hydrogen-bond acceptors (Lipinski definition) is 4. The van der Waals surface area contributed by atoms with Crippen LogP contribution >= 0.6 is 22.9 Å². The lowest BCUT2D eigenvalue weighted by molar-refractivity contribution is -0.132. The lowest BCUT2D eigenvalue weighted by atomic mass is 9.92. The largest absolute Gasteiger partial charge is 0.326 e. The molecule has 1 aliphatic rings. The molecule has 0 aliphatic carbocycles. The Morgan fingerprint density at radius 3 is 2.54 bits per heavy atom. The van der Waals surface area contributed by atoms with Crippen LogP contribution in [0.5, 0.6) is 0 Å². The van der Waals surface area contributed by atoms with E-state index in [2.05, 4.69) is 5.32 Å². The molecule has 2 aromatic rings. The maximum Gasteiger partial charge on any atom is 0.326 e.